The van der Waals surface area contributed by atoms with Gasteiger partial charge in [0.2, 0.25) is 0 Å². The number of rotatable bonds is 15. The van der Waals surface area contributed by atoms with Gasteiger partial charge in [0.25, 0.3) is 0 Å². The summed E-state index contributed by atoms with van der Waals surface area (Å²) >= 11 is 0. The van der Waals surface area contributed by atoms with Crippen molar-refractivity contribution >= 4 is 132 Å². The molecule has 0 spiro atoms. The molecular weight excluding hydrogens is 1830 g/mol. The molecule has 0 saturated carbocycles. The third kappa shape index (κ3) is 16.4. The van der Waals surface area contributed by atoms with Crippen LogP contribution in [0.3, 0.4) is 0 Å². The second-order valence-electron chi connectivity index (χ2n) is 38.2. The molecule has 9 heteroatoms. The van der Waals surface area contributed by atoms with Gasteiger partial charge < -0.3 is 26.5 Å². The molecule has 9 aromatic heterocycles. The van der Waals surface area contributed by atoms with Crippen molar-refractivity contribution in [1.82, 2.24) is 15.0 Å². The summed E-state index contributed by atoms with van der Waals surface area (Å²) in [6.07, 6.45) is 0. The van der Waals surface area contributed by atoms with E-state index in [1.54, 1.807) is 0 Å². The molecule has 0 aliphatic heterocycles. The molecule has 30 aromatic rings. The molecule has 0 aliphatic rings. The number of pyridine rings is 3. The van der Waals surface area contributed by atoms with E-state index >= 15 is 0 Å². The molecule has 9 nitrogen and oxygen atoms in total. The van der Waals surface area contributed by atoms with Crippen molar-refractivity contribution in [2.45, 2.75) is 0 Å². The molecule has 0 fully saturated rings. The molecule has 702 valence electrons. The molecule has 21 aromatic carbocycles. The van der Waals surface area contributed by atoms with E-state index in [1.807, 2.05) is 103 Å². The highest BCUT2D eigenvalue weighted by molar-refractivity contribution is 6.15. The van der Waals surface area contributed by atoms with Gasteiger partial charge in [0.05, 0.1) is 34.2 Å². The molecule has 0 atom stereocenters. The second kappa shape index (κ2) is 37.2. The van der Waals surface area contributed by atoms with Crippen LogP contribution in [0.1, 0.15) is 0 Å². The van der Waals surface area contributed by atoms with Crippen LogP contribution in [0.15, 0.2) is 554 Å². The van der Waals surface area contributed by atoms with Crippen LogP contribution in [-0.2, 0) is 0 Å². The quantitative estimate of drug-likeness (QED) is 0.0989. The first-order valence-corrected chi connectivity index (χ1v) is 50.6. The summed E-state index contributed by atoms with van der Waals surface area (Å²) in [6, 6.07) is 185. The summed E-state index contributed by atoms with van der Waals surface area (Å²) in [5.74, 6) is 0. The summed E-state index contributed by atoms with van der Waals surface area (Å²) in [7, 11) is 0. The Morgan fingerprint density at radius 2 is 0.293 bits per heavy atom. The smallest absolute Gasteiger partial charge is 0.136 e. The van der Waals surface area contributed by atoms with Crippen molar-refractivity contribution in [2.24, 2.45) is 0 Å². The third-order valence-electron chi connectivity index (χ3n) is 29.2. The third-order valence-corrected chi connectivity index (χ3v) is 29.2. The SMILES string of the molecule is c1ccc(-c2cc(-c3ccc(-c4ccc5c(c4)oc4ccccc45)cc3)cc(-c3ccc(-c4ccc5c(c4)oc4ccccc45)cc3)n2)cc1.c1ccc(-c2cc(-c3ccc(-c4ccc5oc6ccccc6c5c4)cc3)cc(-c3ccc(-c4ccc5oc6ccccc6c5c4)cc3)n2)cc1.c1ccc(-c2cc(-c3ccc(-c4cccc5oc6ccccc6c45)cc3)cc(-c3ccc(-c4cccc5oc6ccccc6c45)cc3)n2)cc1. The predicted octanol–water partition coefficient (Wildman–Crippen LogP) is 39.6. The van der Waals surface area contributed by atoms with Gasteiger partial charge in [-0.05, 0) is 234 Å². The number of aromatic nitrogens is 3. The molecule has 0 bridgehead atoms. The standard InChI is InChI=1S/3C47H29NO2/c1-2-10-33(11-3-1)40-28-35(30-20-22-31(23-21-30)36-14-8-18-44-46(36)38-12-4-6-16-42(38)49-44)29-41(48-40)34-26-24-32(25-27-34)37-15-9-19-45-47(37)39-13-5-7-17-43(39)50-45;1-2-8-33(9-3-1)42-26-37(32-16-14-30(15-17-32)35-22-24-40-38-10-4-6-12-44(38)49-46(40)28-35)27-43(48-42)34-20-18-31(19-21-34)36-23-25-41-39-11-5-7-13-45(39)50-47(41)29-36;1-2-8-33(9-3-1)42-28-37(32-16-14-30(15-17-32)35-22-24-46-40(26-35)38-10-4-6-12-44(38)49-46)29-43(48-42)34-20-18-31(19-21-34)36-23-25-47-41(27-36)39-11-5-7-13-45(39)50-47/h3*1-29H. The van der Waals surface area contributed by atoms with Gasteiger partial charge in [0.15, 0.2) is 0 Å². The minimum Gasteiger partial charge on any atom is -0.456 e. The number of furan rings is 6. The molecule has 150 heavy (non-hydrogen) atoms. The Bertz CT molecular complexity index is 9890. The lowest BCUT2D eigenvalue weighted by Gasteiger charge is -2.12. The van der Waals surface area contributed by atoms with Crippen LogP contribution in [0.2, 0.25) is 0 Å². The number of hydrogen-bond acceptors (Lipinski definition) is 9. The molecule has 0 saturated heterocycles. The molecule has 0 unspecified atom stereocenters. The zero-order valence-electron chi connectivity index (χ0n) is 81.0. The van der Waals surface area contributed by atoms with Crippen molar-refractivity contribution in [2.75, 3.05) is 0 Å². The van der Waals surface area contributed by atoms with Crippen molar-refractivity contribution in [1.29, 1.82) is 0 Å². The fraction of sp³-hybridized carbons (Fsp3) is 0. The minimum absolute atomic E-state index is 0.899. The first-order valence-electron chi connectivity index (χ1n) is 50.6. The maximum atomic E-state index is 6.17. The van der Waals surface area contributed by atoms with Gasteiger partial charge >= 0.3 is 0 Å². The molecular formula is C141H87N3O6. The molecule has 0 amide bonds. The summed E-state index contributed by atoms with van der Waals surface area (Å²) < 4.78 is 36.8. The predicted molar refractivity (Wildman–Crippen MR) is 618 cm³/mol. The Labute approximate surface area is 862 Å². The van der Waals surface area contributed by atoms with E-state index in [4.69, 9.17) is 41.5 Å². The van der Waals surface area contributed by atoms with E-state index in [-0.39, 0.29) is 0 Å². The Balaban J connectivity index is 0.000000108. The lowest BCUT2D eigenvalue weighted by atomic mass is 9.95. The number of nitrogens with zero attached hydrogens (tertiary/aromatic N) is 3. The zero-order chi connectivity index (χ0) is 99.1. The van der Waals surface area contributed by atoms with Gasteiger partial charge in [-0.3, -0.25) is 0 Å². The molecule has 9 heterocycles. The van der Waals surface area contributed by atoms with E-state index < -0.39 is 0 Å². The molecule has 0 radical (unpaired) electrons. The molecule has 0 N–H and O–H groups in total. The second-order valence-corrected chi connectivity index (χ2v) is 38.2. The lowest BCUT2D eigenvalue weighted by Crippen LogP contribution is -1.91. The Hall–Kier alpha value is -20.1. The summed E-state index contributed by atoms with van der Waals surface area (Å²) in [6.45, 7) is 0. The van der Waals surface area contributed by atoms with Crippen molar-refractivity contribution in [3.8, 4) is 168 Å². The van der Waals surface area contributed by atoms with Gasteiger partial charge in [0.1, 0.15) is 67.0 Å². The highest BCUT2D eigenvalue weighted by Gasteiger charge is 2.22. The van der Waals surface area contributed by atoms with Gasteiger partial charge in [-0.25, -0.2) is 15.0 Å². The molecule has 0 aliphatic carbocycles. The Morgan fingerprint density at radius 1 is 0.100 bits per heavy atom. The van der Waals surface area contributed by atoms with Gasteiger partial charge in [-0.1, -0.05) is 394 Å². The van der Waals surface area contributed by atoms with Crippen molar-refractivity contribution in [3.63, 3.8) is 0 Å². The zero-order valence-corrected chi connectivity index (χ0v) is 81.0. The van der Waals surface area contributed by atoms with Crippen molar-refractivity contribution in [3.05, 3.63) is 528 Å². The highest BCUT2D eigenvalue weighted by Crippen LogP contribution is 2.46. The lowest BCUT2D eigenvalue weighted by molar-refractivity contribution is 0.668. The van der Waals surface area contributed by atoms with Gasteiger partial charge in [-0.15, -0.1) is 0 Å². The average Bonchev–Trinajstić information content (AvgIpc) is 1.65. The van der Waals surface area contributed by atoms with Crippen LogP contribution < -0.4 is 0 Å². The van der Waals surface area contributed by atoms with Gasteiger partial charge in [-0.2, -0.15) is 0 Å². The van der Waals surface area contributed by atoms with E-state index in [1.165, 1.54) is 5.56 Å². The number of para-hydroxylation sites is 6. The highest BCUT2D eigenvalue weighted by atomic mass is 16.3. The maximum Gasteiger partial charge on any atom is 0.136 e. The monoisotopic (exact) mass is 1920 g/mol. The first-order chi connectivity index (χ1) is 74.2. The number of fused-ring (bicyclic) bond motifs is 18. The minimum atomic E-state index is 0.899. The summed E-state index contributed by atoms with van der Waals surface area (Å²) in [4.78, 5) is 15.5. The van der Waals surface area contributed by atoms with Crippen molar-refractivity contribution < 1.29 is 26.5 Å². The van der Waals surface area contributed by atoms with Crippen LogP contribution >= 0.6 is 0 Å². The van der Waals surface area contributed by atoms with E-state index in [2.05, 4.69) is 425 Å². The van der Waals surface area contributed by atoms with Crippen LogP contribution in [0.4, 0.5) is 0 Å². The van der Waals surface area contributed by atoms with E-state index in [0.29, 0.717) is 0 Å². The van der Waals surface area contributed by atoms with Crippen LogP contribution in [0, 0.1) is 0 Å². The largest absolute Gasteiger partial charge is 0.456 e. The summed E-state index contributed by atoms with van der Waals surface area (Å²) in [5, 5.41) is 13.6. The Morgan fingerprint density at radius 3 is 0.600 bits per heavy atom. The van der Waals surface area contributed by atoms with E-state index in [9.17, 15) is 0 Å². The Kier molecular flexibility index (Phi) is 21.8. The normalized spacial score (nSPS) is 11.6. The number of hydrogen-bond donors (Lipinski definition) is 0. The molecule has 30 rings (SSSR count). The summed E-state index contributed by atoms with van der Waals surface area (Å²) in [5.41, 5.74) is 43.5. The van der Waals surface area contributed by atoms with Crippen LogP contribution in [0.25, 0.3) is 299 Å². The van der Waals surface area contributed by atoms with Gasteiger partial charge in [0, 0.05) is 98.0 Å². The first kappa shape index (κ1) is 87.6. The van der Waals surface area contributed by atoms with Crippen LogP contribution in [0.5, 0.6) is 0 Å². The maximum absolute atomic E-state index is 6.17. The van der Waals surface area contributed by atoms with E-state index in [0.717, 1.165) is 294 Å². The topological polar surface area (TPSA) is 118 Å². The fourth-order valence-electron chi connectivity index (χ4n) is 21.5. The fourth-order valence-corrected chi connectivity index (χ4v) is 21.5. The average molecular weight is 1920 g/mol. The number of benzene rings is 21. The van der Waals surface area contributed by atoms with Crippen LogP contribution in [-0.4, -0.2) is 15.0 Å².